The van der Waals surface area contributed by atoms with Crippen LogP contribution in [0.1, 0.15) is 79.6 Å². The molecule has 0 bridgehead atoms. The van der Waals surface area contributed by atoms with Crippen LogP contribution in [0.4, 0.5) is 0 Å². The van der Waals surface area contributed by atoms with Crippen LogP contribution in [-0.2, 0) is 4.79 Å². The average molecular weight is 463 g/mol. The van der Waals surface area contributed by atoms with Gasteiger partial charge in [-0.3, -0.25) is 4.79 Å². The standard InChI is InChI=1S/C27H42O6/c1-24(2,32)10-9-23(31)27(5,33)22-7-6-16-15-12-19(28)18-13-20(29)21(30)14-26(18,4)17(15)8-11-25(16,22)3/h6,12,17-18,20-23,29-33H,7-11,13-14H2,1-5H3. The van der Waals surface area contributed by atoms with Crippen LogP contribution in [0.15, 0.2) is 23.3 Å². The van der Waals surface area contributed by atoms with Crippen molar-refractivity contribution in [3.05, 3.63) is 23.3 Å². The molecule has 0 aromatic heterocycles. The Morgan fingerprint density at radius 3 is 2.42 bits per heavy atom. The smallest absolute Gasteiger partial charge is 0.159 e. The molecule has 2 fully saturated rings. The number of hydrogen-bond acceptors (Lipinski definition) is 6. The van der Waals surface area contributed by atoms with Crippen LogP contribution >= 0.6 is 0 Å². The number of aliphatic hydroxyl groups is 5. The Kier molecular flexibility index (Phi) is 6.07. The van der Waals surface area contributed by atoms with Crippen molar-refractivity contribution < 1.29 is 30.3 Å². The first kappa shape index (κ1) is 25.1. The van der Waals surface area contributed by atoms with E-state index < -0.39 is 34.9 Å². The summed E-state index contributed by atoms with van der Waals surface area (Å²) in [5, 5.41) is 53.2. The second-order valence-electron chi connectivity index (χ2n) is 12.6. The molecule has 5 N–H and O–H groups in total. The molecule has 6 heteroatoms. The Morgan fingerprint density at radius 2 is 1.79 bits per heavy atom. The third-order valence-corrected chi connectivity index (χ3v) is 9.79. The predicted molar refractivity (Wildman–Crippen MR) is 125 cm³/mol. The molecular weight excluding hydrogens is 420 g/mol. The molecule has 0 saturated heterocycles. The number of aliphatic hydroxyl groups excluding tert-OH is 3. The van der Waals surface area contributed by atoms with E-state index in [2.05, 4.69) is 19.9 Å². The molecule has 0 aromatic rings. The maximum absolute atomic E-state index is 13.2. The summed E-state index contributed by atoms with van der Waals surface area (Å²) in [6.45, 7) is 9.34. The number of allylic oxidation sites excluding steroid dienone is 4. The van der Waals surface area contributed by atoms with E-state index in [1.807, 2.05) is 0 Å². The SMILES string of the molecule is CC(C)(O)CCC(O)C(C)(O)C1CC=C2C3=CC(=O)C4CC(O)C(O)CC4(C)C3CCC21C. The fourth-order valence-corrected chi connectivity index (χ4v) is 7.70. The second kappa shape index (κ2) is 7.99. The van der Waals surface area contributed by atoms with Gasteiger partial charge in [-0.15, -0.1) is 0 Å². The average Bonchev–Trinajstić information content (AvgIpc) is 3.06. The number of hydrogen-bond donors (Lipinski definition) is 5. The molecule has 0 aliphatic heterocycles. The van der Waals surface area contributed by atoms with E-state index in [1.165, 1.54) is 0 Å². The molecule has 0 radical (unpaired) electrons. The van der Waals surface area contributed by atoms with Crippen LogP contribution in [0, 0.1) is 28.6 Å². The van der Waals surface area contributed by atoms with Gasteiger partial charge in [0.2, 0.25) is 0 Å². The van der Waals surface area contributed by atoms with Gasteiger partial charge in [0.1, 0.15) is 0 Å². The van der Waals surface area contributed by atoms with Crippen LogP contribution in [0.2, 0.25) is 0 Å². The third kappa shape index (κ3) is 3.96. The largest absolute Gasteiger partial charge is 0.390 e. The van der Waals surface area contributed by atoms with Gasteiger partial charge < -0.3 is 25.5 Å². The lowest BCUT2D eigenvalue weighted by Crippen LogP contribution is -2.56. The number of ketones is 1. The van der Waals surface area contributed by atoms with Crippen LogP contribution < -0.4 is 0 Å². The highest BCUT2D eigenvalue weighted by Crippen LogP contribution is 2.65. The molecule has 6 nitrogen and oxygen atoms in total. The van der Waals surface area contributed by atoms with Gasteiger partial charge in [-0.1, -0.05) is 19.9 Å². The zero-order valence-corrected chi connectivity index (χ0v) is 20.7. The lowest BCUT2D eigenvalue weighted by Gasteiger charge is -2.57. The van der Waals surface area contributed by atoms with Gasteiger partial charge in [0.15, 0.2) is 5.78 Å². The van der Waals surface area contributed by atoms with Crippen molar-refractivity contribution in [3.63, 3.8) is 0 Å². The van der Waals surface area contributed by atoms with Crippen molar-refractivity contribution in [1.82, 2.24) is 0 Å². The van der Waals surface area contributed by atoms with E-state index >= 15 is 0 Å². The van der Waals surface area contributed by atoms with Crippen molar-refractivity contribution in [3.8, 4) is 0 Å². The molecule has 0 spiro atoms. The van der Waals surface area contributed by atoms with Crippen molar-refractivity contribution in [2.24, 2.45) is 28.6 Å². The van der Waals surface area contributed by atoms with Gasteiger partial charge in [0, 0.05) is 11.8 Å². The number of fused-ring (bicyclic) bond motifs is 5. The van der Waals surface area contributed by atoms with Gasteiger partial charge in [0.05, 0.1) is 29.5 Å². The first-order valence-electron chi connectivity index (χ1n) is 12.6. The number of rotatable bonds is 5. The number of carbonyl (C=O) groups is 1. The van der Waals surface area contributed by atoms with Gasteiger partial charge in [-0.25, -0.2) is 0 Å². The van der Waals surface area contributed by atoms with E-state index in [-0.39, 0.29) is 29.0 Å². The summed E-state index contributed by atoms with van der Waals surface area (Å²) in [5.41, 5.74) is -0.864. The lowest BCUT2D eigenvalue weighted by atomic mass is 9.48. The van der Waals surface area contributed by atoms with Gasteiger partial charge in [-0.05, 0) is 99.7 Å². The molecular formula is C27H42O6. The van der Waals surface area contributed by atoms with E-state index in [4.69, 9.17) is 0 Å². The molecule has 0 aromatic carbocycles. The van der Waals surface area contributed by atoms with Gasteiger partial charge in [-0.2, -0.15) is 0 Å². The van der Waals surface area contributed by atoms with Crippen LogP contribution in [0.3, 0.4) is 0 Å². The Balaban J connectivity index is 1.62. The molecule has 33 heavy (non-hydrogen) atoms. The van der Waals surface area contributed by atoms with Crippen molar-refractivity contribution in [1.29, 1.82) is 0 Å². The monoisotopic (exact) mass is 462 g/mol. The molecule has 9 unspecified atom stereocenters. The van der Waals surface area contributed by atoms with E-state index in [0.29, 0.717) is 32.1 Å². The van der Waals surface area contributed by atoms with E-state index in [9.17, 15) is 30.3 Å². The van der Waals surface area contributed by atoms with Gasteiger partial charge in [0.25, 0.3) is 0 Å². The summed E-state index contributed by atoms with van der Waals surface area (Å²) in [6, 6.07) is 0. The highest BCUT2D eigenvalue weighted by atomic mass is 16.3. The Hall–Kier alpha value is -1.05. The Bertz CT molecular complexity index is 866. The Labute approximate surface area is 197 Å². The first-order chi connectivity index (χ1) is 15.1. The normalized spacial score (nSPS) is 43.6. The van der Waals surface area contributed by atoms with Gasteiger partial charge >= 0.3 is 0 Å². The fourth-order valence-electron chi connectivity index (χ4n) is 7.70. The minimum atomic E-state index is -1.33. The molecule has 4 rings (SSSR count). The van der Waals surface area contributed by atoms with Crippen LogP contribution in [0.5, 0.6) is 0 Å². The van der Waals surface area contributed by atoms with E-state index in [1.54, 1.807) is 26.8 Å². The summed E-state index contributed by atoms with van der Waals surface area (Å²) in [6.07, 6.45) is 4.99. The summed E-state index contributed by atoms with van der Waals surface area (Å²) in [4.78, 5) is 13.2. The number of carbonyl (C=O) groups excluding carboxylic acids is 1. The molecule has 0 heterocycles. The first-order valence-corrected chi connectivity index (χ1v) is 12.6. The zero-order chi connectivity index (χ0) is 24.6. The topological polar surface area (TPSA) is 118 Å². The van der Waals surface area contributed by atoms with E-state index in [0.717, 1.165) is 24.0 Å². The molecule has 4 aliphatic carbocycles. The maximum atomic E-state index is 13.2. The maximum Gasteiger partial charge on any atom is 0.159 e. The lowest BCUT2D eigenvalue weighted by molar-refractivity contribution is -0.144. The van der Waals surface area contributed by atoms with Crippen molar-refractivity contribution >= 4 is 5.78 Å². The minimum Gasteiger partial charge on any atom is -0.390 e. The highest BCUT2D eigenvalue weighted by molar-refractivity contribution is 5.95. The zero-order valence-electron chi connectivity index (χ0n) is 20.7. The second-order valence-corrected chi connectivity index (χ2v) is 12.6. The predicted octanol–water partition coefficient (Wildman–Crippen LogP) is 2.66. The minimum absolute atomic E-state index is 0.0280. The molecule has 0 amide bonds. The highest BCUT2D eigenvalue weighted by Gasteiger charge is 2.60. The van der Waals surface area contributed by atoms with Crippen molar-refractivity contribution in [2.45, 2.75) is 109 Å². The fraction of sp³-hybridized carbons (Fsp3) is 0.815. The van der Waals surface area contributed by atoms with Crippen LogP contribution in [-0.4, -0.2) is 60.8 Å². The molecule has 9 atom stereocenters. The quantitative estimate of drug-likeness (QED) is 0.429. The molecule has 2 saturated carbocycles. The summed E-state index contributed by atoms with van der Waals surface area (Å²) < 4.78 is 0. The summed E-state index contributed by atoms with van der Waals surface area (Å²) >= 11 is 0. The summed E-state index contributed by atoms with van der Waals surface area (Å²) in [5.74, 6) is -0.317. The summed E-state index contributed by atoms with van der Waals surface area (Å²) in [7, 11) is 0. The Morgan fingerprint density at radius 1 is 1.12 bits per heavy atom. The van der Waals surface area contributed by atoms with Crippen LogP contribution in [0.25, 0.3) is 0 Å². The molecule has 4 aliphatic rings. The molecule has 186 valence electrons. The third-order valence-electron chi connectivity index (χ3n) is 9.79. The van der Waals surface area contributed by atoms with Crippen molar-refractivity contribution in [2.75, 3.05) is 0 Å².